The Morgan fingerprint density at radius 1 is 1.43 bits per heavy atom. The van der Waals surface area contributed by atoms with Crippen LogP contribution in [0.2, 0.25) is 0 Å². The lowest BCUT2D eigenvalue weighted by Gasteiger charge is -2.34. The highest BCUT2D eigenvalue weighted by Gasteiger charge is 2.35. The van der Waals surface area contributed by atoms with Gasteiger partial charge >= 0.3 is 0 Å². The van der Waals surface area contributed by atoms with Crippen molar-refractivity contribution in [2.45, 2.75) is 13.0 Å². The highest BCUT2D eigenvalue weighted by molar-refractivity contribution is 7.10. The number of aryl methyl sites for hydroxylation is 1. The Labute approximate surface area is 126 Å². The number of rotatable bonds is 2. The van der Waals surface area contributed by atoms with Gasteiger partial charge in [0.15, 0.2) is 0 Å². The van der Waals surface area contributed by atoms with Crippen molar-refractivity contribution >= 4 is 23.2 Å². The predicted octanol–water partition coefficient (Wildman–Crippen LogP) is 1.76. The lowest BCUT2D eigenvalue weighted by Crippen LogP contribution is -2.52. The molecule has 0 aliphatic carbocycles. The van der Waals surface area contributed by atoms with Crippen molar-refractivity contribution in [1.29, 1.82) is 0 Å². The molecule has 1 atom stereocenters. The van der Waals surface area contributed by atoms with E-state index in [1.807, 2.05) is 17.5 Å². The number of hydrogen-bond donors (Lipinski definition) is 1. The van der Waals surface area contributed by atoms with E-state index in [0.29, 0.717) is 24.3 Å². The summed E-state index contributed by atoms with van der Waals surface area (Å²) in [6.45, 7) is 2.78. The van der Waals surface area contributed by atoms with Crippen LogP contribution in [-0.4, -0.2) is 34.8 Å². The molecule has 0 saturated carbocycles. The number of amides is 2. The Kier molecular flexibility index (Phi) is 3.70. The lowest BCUT2D eigenvalue weighted by atomic mass is 10.1. The van der Waals surface area contributed by atoms with Gasteiger partial charge in [-0.1, -0.05) is 6.07 Å². The molecule has 6 heteroatoms. The van der Waals surface area contributed by atoms with E-state index in [9.17, 15) is 9.59 Å². The molecule has 0 spiro atoms. The predicted molar refractivity (Wildman–Crippen MR) is 80.1 cm³/mol. The van der Waals surface area contributed by atoms with E-state index in [1.54, 1.807) is 30.2 Å². The Balaban J connectivity index is 1.97. The molecule has 0 radical (unpaired) electrons. The van der Waals surface area contributed by atoms with Crippen molar-refractivity contribution in [2.75, 3.05) is 13.1 Å². The number of aromatic nitrogens is 1. The van der Waals surface area contributed by atoms with Gasteiger partial charge in [-0.15, -0.1) is 11.3 Å². The van der Waals surface area contributed by atoms with Gasteiger partial charge in [0.2, 0.25) is 5.91 Å². The minimum Gasteiger partial charge on any atom is -0.352 e. The third-order valence-corrected chi connectivity index (χ3v) is 4.45. The monoisotopic (exact) mass is 301 g/mol. The summed E-state index contributed by atoms with van der Waals surface area (Å²) in [6.07, 6.45) is 1.66. The molecular formula is C15H15N3O2S. The molecule has 1 aliphatic heterocycles. The first-order valence-corrected chi connectivity index (χ1v) is 7.60. The maximum absolute atomic E-state index is 12.8. The van der Waals surface area contributed by atoms with Crippen LogP contribution in [0.4, 0.5) is 0 Å². The van der Waals surface area contributed by atoms with E-state index in [4.69, 9.17) is 0 Å². The van der Waals surface area contributed by atoms with Gasteiger partial charge in [0.05, 0.1) is 5.56 Å². The zero-order valence-electron chi connectivity index (χ0n) is 11.6. The van der Waals surface area contributed by atoms with Crippen molar-refractivity contribution in [2.24, 2.45) is 0 Å². The molecule has 3 heterocycles. The molecule has 0 aromatic carbocycles. The number of hydrogen-bond acceptors (Lipinski definition) is 4. The minimum atomic E-state index is -0.550. The number of pyridine rings is 1. The largest absolute Gasteiger partial charge is 0.352 e. The maximum atomic E-state index is 12.8. The smallest absolute Gasteiger partial charge is 0.256 e. The molecule has 1 N–H and O–H groups in total. The van der Waals surface area contributed by atoms with Gasteiger partial charge in [0.1, 0.15) is 6.04 Å². The molecule has 5 nitrogen and oxygen atoms in total. The fourth-order valence-electron chi connectivity index (χ4n) is 2.48. The number of carbonyl (C=O) groups is 2. The van der Waals surface area contributed by atoms with Crippen molar-refractivity contribution < 1.29 is 9.59 Å². The van der Waals surface area contributed by atoms with Crippen LogP contribution in [0.3, 0.4) is 0 Å². The van der Waals surface area contributed by atoms with Crippen LogP contribution in [0.25, 0.3) is 0 Å². The van der Waals surface area contributed by atoms with E-state index in [2.05, 4.69) is 10.3 Å². The number of thiophene rings is 1. The maximum Gasteiger partial charge on any atom is 0.256 e. The van der Waals surface area contributed by atoms with Gasteiger partial charge in [0, 0.05) is 29.9 Å². The topological polar surface area (TPSA) is 62.3 Å². The van der Waals surface area contributed by atoms with Crippen LogP contribution in [0.15, 0.2) is 35.8 Å². The molecule has 108 valence electrons. The zero-order chi connectivity index (χ0) is 14.8. The second kappa shape index (κ2) is 5.65. The minimum absolute atomic E-state index is 0.126. The molecule has 3 rings (SSSR count). The number of nitrogens with one attached hydrogen (secondary N) is 1. The van der Waals surface area contributed by atoms with Gasteiger partial charge in [-0.25, -0.2) is 0 Å². The first-order valence-electron chi connectivity index (χ1n) is 6.72. The fraction of sp³-hybridized carbons (Fsp3) is 0.267. The van der Waals surface area contributed by atoms with Gasteiger partial charge < -0.3 is 10.2 Å². The highest BCUT2D eigenvalue weighted by Crippen LogP contribution is 2.28. The summed E-state index contributed by atoms with van der Waals surface area (Å²) in [6, 6.07) is 6.72. The third-order valence-electron chi connectivity index (χ3n) is 3.52. The molecule has 0 bridgehead atoms. The van der Waals surface area contributed by atoms with Crippen molar-refractivity contribution in [3.8, 4) is 0 Å². The number of nitrogens with zero attached hydrogens (tertiary/aromatic N) is 2. The zero-order valence-corrected chi connectivity index (χ0v) is 12.4. The quantitative estimate of drug-likeness (QED) is 0.919. The fourth-order valence-corrected chi connectivity index (χ4v) is 3.31. The van der Waals surface area contributed by atoms with Crippen molar-refractivity contribution in [3.63, 3.8) is 0 Å². The van der Waals surface area contributed by atoms with Gasteiger partial charge in [-0.3, -0.25) is 14.6 Å². The molecular weight excluding hydrogens is 286 g/mol. The molecule has 21 heavy (non-hydrogen) atoms. The average Bonchev–Trinajstić information content (AvgIpc) is 3.00. The van der Waals surface area contributed by atoms with Crippen molar-refractivity contribution in [3.05, 3.63) is 52.0 Å². The summed E-state index contributed by atoms with van der Waals surface area (Å²) >= 11 is 1.48. The summed E-state index contributed by atoms with van der Waals surface area (Å²) < 4.78 is 0. The van der Waals surface area contributed by atoms with Crippen LogP contribution in [0, 0.1) is 6.92 Å². The molecule has 2 aromatic heterocycles. The normalized spacial score (nSPS) is 18.4. The first-order chi connectivity index (χ1) is 10.2. The summed E-state index contributed by atoms with van der Waals surface area (Å²) in [5.74, 6) is -0.271. The van der Waals surface area contributed by atoms with Gasteiger partial charge in [-0.05, 0) is 30.5 Å². The second-order valence-electron chi connectivity index (χ2n) is 4.84. The Morgan fingerprint density at radius 2 is 2.29 bits per heavy atom. The standard InChI is InChI=1S/C15H15N3O2S/c1-10-11(4-2-6-16-10)15(20)18-8-7-17-14(19)13(18)12-5-3-9-21-12/h2-6,9,13H,7-8H2,1H3,(H,17,19)/t13-/m1/s1. The summed E-state index contributed by atoms with van der Waals surface area (Å²) in [4.78, 5) is 31.7. The Hall–Kier alpha value is -2.21. The molecule has 2 amide bonds. The summed E-state index contributed by atoms with van der Waals surface area (Å²) in [5.41, 5.74) is 1.23. The van der Waals surface area contributed by atoms with E-state index in [-0.39, 0.29) is 11.8 Å². The second-order valence-corrected chi connectivity index (χ2v) is 5.82. The highest BCUT2D eigenvalue weighted by atomic mass is 32.1. The summed E-state index contributed by atoms with van der Waals surface area (Å²) in [7, 11) is 0. The van der Waals surface area contributed by atoms with Gasteiger partial charge in [0.25, 0.3) is 5.91 Å². The molecule has 0 unspecified atom stereocenters. The Bertz CT molecular complexity index is 669. The van der Waals surface area contributed by atoms with Crippen molar-refractivity contribution in [1.82, 2.24) is 15.2 Å². The number of carbonyl (C=O) groups excluding carboxylic acids is 2. The molecule has 1 fully saturated rings. The van der Waals surface area contributed by atoms with E-state index in [0.717, 1.165) is 4.88 Å². The SMILES string of the molecule is Cc1ncccc1C(=O)N1CCNC(=O)[C@H]1c1cccs1. The van der Waals surface area contributed by atoms with Crippen LogP contribution in [-0.2, 0) is 4.79 Å². The van der Waals surface area contributed by atoms with Crippen LogP contribution >= 0.6 is 11.3 Å². The lowest BCUT2D eigenvalue weighted by molar-refractivity contribution is -0.127. The molecule has 1 saturated heterocycles. The average molecular weight is 301 g/mol. The first kappa shape index (κ1) is 13.8. The van der Waals surface area contributed by atoms with Crippen LogP contribution < -0.4 is 5.32 Å². The Morgan fingerprint density at radius 3 is 3.00 bits per heavy atom. The third kappa shape index (κ3) is 2.54. The van der Waals surface area contributed by atoms with Crippen LogP contribution in [0.1, 0.15) is 27.0 Å². The van der Waals surface area contributed by atoms with Crippen LogP contribution in [0.5, 0.6) is 0 Å². The van der Waals surface area contributed by atoms with Gasteiger partial charge in [-0.2, -0.15) is 0 Å². The van der Waals surface area contributed by atoms with E-state index < -0.39 is 6.04 Å². The van der Waals surface area contributed by atoms with E-state index in [1.165, 1.54) is 11.3 Å². The van der Waals surface area contributed by atoms with E-state index >= 15 is 0 Å². The summed E-state index contributed by atoms with van der Waals surface area (Å²) in [5, 5.41) is 4.74. The molecule has 2 aromatic rings. The number of piperazine rings is 1. The molecule has 1 aliphatic rings.